The van der Waals surface area contributed by atoms with E-state index in [0.717, 1.165) is 12.7 Å². The number of rotatable bonds is 5. The second kappa shape index (κ2) is 12.2. The van der Waals surface area contributed by atoms with Crippen molar-refractivity contribution in [1.82, 2.24) is 23.9 Å². The Kier molecular flexibility index (Phi) is 8.95. The van der Waals surface area contributed by atoms with Crippen molar-refractivity contribution in [2.24, 2.45) is 0 Å². The fourth-order valence-corrected chi connectivity index (χ4v) is 7.10. The maximum atomic E-state index is 14.1. The lowest BCUT2D eigenvalue weighted by atomic mass is 9.96. The summed E-state index contributed by atoms with van der Waals surface area (Å²) < 4.78 is 33.8. The van der Waals surface area contributed by atoms with Crippen molar-refractivity contribution in [3.63, 3.8) is 0 Å². The van der Waals surface area contributed by atoms with Gasteiger partial charge in [-0.25, -0.2) is 17.5 Å². The van der Waals surface area contributed by atoms with Crippen LogP contribution in [0.5, 0.6) is 0 Å². The van der Waals surface area contributed by atoms with Gasteiger partial charge in [0.2, 0.25) is 0 Å². The number of amides is 3. The summed E-state index contributed by atoms with van der Waals surface area (Å²) in [6.07, 6.45) is -0.490. The second-order valence-electron chi connectivity index (χ2n) is 12.8. The molecule has 3 aromatic rings. The van der Waals surface area contributed by atoms with Gasteiger partial charge in [0.25, 0.3) is 21.8 Å². The summed E-state index contributed by atoms with van der Waals surface area (Å²) in [5.41, 5.74) is 2.21. The van der Waals surface area contributed by atoms with Gasteiger partial charge in [0.1, 0.15) is 11.3 Å². The zero-order valence-electron chi connectivity index (χ0n) is 26.7. The molecule has 0 radical (unpaired) electrons. The molecule has 0 saturated carbocycles. The number of ether oxygens (including phenoxy) is 1. The number of sulfonamides is 1. The smallest absolute Gasteiger partial charge is 0.424 e. The quantitative estimate of drug-likeness (QED) is 0.317. The Hall–Kier alpha value is -3.61. The molecule has 0 saturated heterocycles. The monoisotopic (exact) mass is 689 g/mol. The van der Waals surface area contributed by atoms with E-state index in [-0.39, 0.29) is 40.4 Å². The summed E-state index contributed by atoms with van der Waals surface area (Å²) in [6.45, 7) is 11.4. The number of aromatic nitrogens is 2. The van der Waals surface area contributed by atoms with E-state index in [4.69, 9.17) is 33.0 Å². The molecular formula is C32H37Cl2N5O6S. The van der Waals surface area contributed by atoms with E-state index < -0.39 is 27.8 Å². The maximum Gasteiger partial charge on any atom is 0.424 e. The highest BCUT2D eigenvalue weighted by Crippen LogP contribution is 2.36. The number of fused-ring (bicyclic) bond motifs is 3. The SMILES string of the molecule is CC(c1ccc(S(=O)(=O)N(C)C(=O)OC(C)(C)C)cc1)N1C[C@@H](C)n2nc3c(c2C1=O)CN(C(=O)c1ccc(Cl)c(Cl)c1)[C@H](C)C3. The molecule has 3 atom stereocenters. The number of nitrogens with zero attached hydrogens (tertiary/aromatic N) is 5. The largest absolute Gasteiger partial charge is 0.443 e. The van der Waals surface area contributed by atoms with Crippen LogP contribution >= 0.6 is 23.2 Å². The molecule has 1 aromatic heterocycles. The van der Waals surface area contributed by atoms with E-state index in [1.165, 1.54) is 12.1 Å². The van der Waals surface area contributed by atoms with Crippen molar-refractivity contribution in [3.05, 3.63) is 80.6 Å². The van der Waals surface area contributed by atoms with Crippen molar-refractivity contribution in [2.75, 3.05) is 13.6 Å². The molecule has 11 nitrogen and oxygen atoms in total. The zero-order valence-corrected chi connectivity index (χ0v) is 29.1. The lowest BCUT2D eigenvalue weighted by molar-refractivity contribution is 0.0419. The van der Waals surface area contributed by atoms with Gasteiger partial charge in [-0.1, -0.05) is 35.3 Å². The molecule has 2 aliphatic rings. The van der Waals surface area contributed by atoms with E-state index >= 15 is 0 Å². The number of halogens is 2. The Labute approximate surface area is 279 Å². The van der Waals surface area contributed by atoms with Gasteiger partial charge >= 0.3 is 6.09 Å². The Balaban J connectivity index is 1.38. The zero-order chi connectivity index (χ0) is 33.9. The van der Waals surface area contributed by atoms with Crippen molar-refractivity contribution in [3.8, 4) is 0 Å². The molecule has 46 heavy (non-hydrogen) atoms. The highest BCUT2D eigenvalue weighted by Gasteiger charge is 2.41. The Morgan fingerprint density at radius 1 is 1.04 bits per heavy atom. The fraction of sp³-hybridized carbons (Fsp3) is 0.438. The molecule has 246 valence electrons. The molecule has 2 aromatic carbocycles. The molecule has 14 heteroatoms. The van der Waals surface area contributed by atoms with Crippen molar-refractivity contribution >= 4 is 51.1 Å². The van der Waals surface area contributed by atoms with Crippen molar-refractivity contribution in [2.45, 2.75) is 83.1 Å². The van der Waals surface area contributed by atoms with Crippen LogP contribution in [0.4, 0.5) is 4.79 Å². The van der Waals surface area contributed by atoms with Crippen molar-refractivity contribution in [1.29, 1.82) is 0 Å². The molecule has 0 N–H and O–H groups in total. The minimum Gasteiger partial charge on any atom is -0.443 e. The summed E-state index contributed by atoms with van der Waals surface area (Å²) in [5, 5.41) is 5.45. The van der Waals surface area contributed by atoms with Gasteiger partial charge in [0.15, 0.2) is 0 Å². The van der Waals surface area contributed by atoms with Crippen LogP contribution in [0.3, 0.4) is 0 Å². The first-order valence-electron chi connectivity index (χ1n) is 14.9. The Morgan fingerprint density at radius 3 is 2.30 bits per heavy atom. The molecule has 0 spiro atoms. The molecular weight excluding hydrogens is 653 g/mol. The van der Waals surface area contributed by atoms with Gasteiger partial charge in [-0.2, -0.15) is 5.10 Å². The average molecular weight is 691 g/mol. The third kappa shape index (κ3) is 6.22. The van der Waals surface area contributed by atoms with E-state index in [0.29, 0.717) is 44.7 Å². The highest BCUT2D eigenvalue weighted by molar-refractivity contribution is 7.89. The van der Waals surface area contributed by atoms with E-state index in [9.17, 15) is 22.8 Å². The highest BCUT2D eigenvalue weighted by atomic mass is 35.5. The minimum absolute atomic E-state index is 0.0804. The minimum atomic E-state index is -4.16. The van der Waals surface area contributed by atoms with Gasteiger partial charge in [-0.3, -0.25) is 14.3 Å². The Morgan fingerprint density at radius 2 is 1.70 bits per heavy atom. The van der Waals surface area contributed by atoms with Gasteiger partial charge in [-0.15, -0.1) is 0 Å². The first kappa shape index (κ1) is 33.7. The van der Waals surface area contributed by atoms with Gasteiger partial charge in [0.05, 0.1) is 39.3 Å². The van der Waals surface area contributed by atoms with E-state index in [2.05, 4.69) is 0 Å². The topological polar surface area (TPSA) is 122 Å². The number of hydrogen-bond acceptors (Lipinski definition) is 7. The van der Waals surface area contributed by atoms with Crippen LogP contribution in [0.15, 0.2) is 47.4 Å². The standard InChI is InChI=1S/C32H37Cl2N5O6S/c1-18-14-27-24(17-37(18)29(40)22-10-13-25(33)26(34)15-22)28-30(41)38(16-19(2)39(28)35-27)20(3)21-8-11-23(12-9-21)46(43,44)36(7)31(42)45-32(4,5)6/h8-13,15,18-20H,14,16-17H2,1-7H3/t18-,19-,20?/m1/s1. The third-order valence-electron chi connectivity index (χ3n) is 8.35. The number of hydrogen-bond donors (Lipinski definition) is 0. The molecule has 3 heterocycles. The van der Waals surface area contributed by atoms with Crippen LogP contribution in [0.2, 0.25) is 10.0 Å². The molecule has 3 amide bonds. The summed E-state index contributed by atoms with van der Waals surface area (Å²) in [4.78, 5) is 43.4. The lowest BCUT2D eigenvalue weighted by Gasteiger charge is -2.37. The van der Waals surface area contributed by atoms with Gasteiger partial charge in [0, 0.05) is 37.2 Å². The van der Waals surface area contributed by atoms with E-state index in [1.807, 2.05) is 20.8 Å². The van der Waals surface area contributed by atoms with Crippen molar-refractivity contribution < 1.29 is 27.5 Å². The third-order valence-corrected chi connectivity index (χ3v) is 10.8. The van der Waals surface area contributed by atoms with Gasteiger partial charge in [-0.05, 0) is 77.4 Å². The van der Waals surface area contributed by atoms with E-state index in [1.54, 1.807) is 65.6 Å². The Bertz CT molecular complexity index is 1820. The maximum absolute atomic E-state index is 14.1. The second-order valence-corrected chi connectivity index (χ2v) is 15.6. The summed E-state index contributed by atoms with van der Waals surface area (Å²) in [6, 6.07) is 10.2. The molecule has 2 aliphatic heterocycles. The van der Waals surface area contributed by atoms with Gasteiger partial charge < -0.3 is 14.5 Å². The first-order chi connectivity index (χ1) is 21.4. The first-order valence-corrected chi connectivity index (χ1v) is 17.1. The number of carbonyl (C=O) groups is 3. The average Bonchev–Trinajstić information content (AvgIpc) is 3.37. The molecule has 0 bridgehead atoms. The van der Waals surface area contributed by atoms with Crippen LogP contribution in [0, 0.1) is 0 Å². The predicted molar refractivity (Wildman–Crippen MR) is 174 cm³/mol. The fourth-order valence-electron chi connectivity index (χ4n) is 5.77. The number of carbonyl (C=O) groups excluding carboxylic acids is 3. The summed E-state index contributed by atoms with van der Waals surface area (Å²) in [5.74, 6) is -0.442. The molecule has 5 rings (SSSR count). The predicted octanol–water partition coefficient (Wildman–Crippen LogP) is 6.11. The molecule has 1 unspecified atom stereocenters. The molecule has 0 aliphatic carbocycles. The van der Waals surface area contributed by atoms with Crippen LogP contribution in [0.1, 0.15) is 91.3 Å². The van der Waals surface area contributed by atoms with Crippen LogP contribution < -0.4 is 0 Å². The number of benzene rings is 2. The van der Waals surface area contributed by atoms with Crippen LogP contribution in [-0.2, 0) is 27.7 Å². The summed E-state index contributed by atoms with van der Waals surface area (Å²) in [7, 11) is -3.01. The van der Waals surface area contributed by atoms with Crippen LogP contribution in [-0.4, -0.2) is 75.4 Å². The van der Waals surface area contributed by atoms with Crippen LogP contribution in [0.25, 0.3) is 0 Å². The molecule has 0 fully saturated rings. The lowest BCUT2D eigenvalue weighted by Crippen LogP contribution is -2.45. The summed E-state index contributed by atoms with van der Waals surface area (Å²) >= 11 is 12.2. The normalized spacial score (nSPS) is 18.9.